The lowest BCUT2D eigenvalue weighted by Crippen LogP contribution is -2.47. The second-order valence-corrected chi connectivity index (χ2v) is 6.03. The first kappa shape index (κ1) is 12.0. The Kier molecular flexibility index (Phi) is 3.59. The minimum atomic E-state index is 0.242. The third-order valence-corrected chi connectivity index (χ3v) is 2.99. The molecule has 1 rings (SSSR count). The van der Waals surface area contributed by atoms with E-state index >= 15 is 0 Å². The molecule has 2 unspecified atom stereocenters. The molecule has 1 aliphatic rings. The summed E-state index contributed by atoms with van der Waals surface area (Å²) in [4.78, 5) is 2.56. The van der Waals surface area contributed by atoms with Crippen molar-refractivity contribution in [1.82, 2.24) is 10.2 Å². The molecule has 1 aliphatic heterocycles. The number of nitrogens with one attached hydrogen (secondary N) is 1. The molecule has 84 valence electrons. The Hall–Kier alpha value is -0.0800. The number of likely N-dealkylation sites (tertiary alicyclic amines) is 1. The molecule has 0 radical (unpaired) electrons. The smallest absolute Gasteiger partial charge is 0.0237 e. The van der Waals surface area contributed by atoms with Gasteiger partial charge in [-0.15, -0.1) is 0 Å². The van der Waals surface area contributed by atoms with E-state index in [9.17, 15) is 0 Å². The van der Waals surface area contributed by atoms with Gasteiger partial charge >= 0.3 is 0 Å². The van der Waals surface area contributed by atoms with Crippen LogP contribution in [0.4, 0.5) is 0 Å². The largest absolute Gasteiger partial charge is 0.308 e. The molecule has 14 heavy (non-hydrogen) atoms. The van der Waals surface area contributed by atoms with Crippen LogP contribution in [-0.4, -0.2) is 35.6 Å². The SMILES string of the molecule is CC1CN(C(C)C)CC1NC(C)(C)C. The summed E-state index contributed by atoms with van der Waals surface area (Å²) in [6, 6.07) is 1.35. The highest BCUT2D eigenvalue weighted by Crippen LogP contribution is 2.20. The van der Waals surface area contributed by atoms with Crippen molar-refractivity contribution in [3.05, 3.63) is 0 Å². The summed E-state index contributed by atoms with van der Waals surface area (Å²) in [6.07, 6.45) is 0. The summed E-state index contributed by atoms with van der Waals surface area (Å²) in [6.45, 7) is 16.1. The van der Waals surface area contributed by atoms with E-state index in [4.69, 9.17) is 0 Å². The molecule has 0 saturated carbocycles. The number of hydrogen-bond donors (Lipinski definition) is 1. The monoisotopic (exact) mass is 198 g/mol. The van der Waals surface area contributed by atoms with Crippen molar-refractivity contribution >= 4 is 0 Å². The average Bonchev–Trinajstić information content (AvgIpc) is 2.29. The molecule has 0 aromatic carbocycles. The van der Waals surface area contributed by atoms with E-state index in [0.29, 0.717) is 12.1 Å². The van der Waals surface area contributed by atoms with Crippen molar-refractivity contribution in [3.63, 3.8) is 0 Å². The Labute approximate surface area is 89.1 Å². The molecular weight excluding hydrogens is 172 g/mol. The predicted octanol–water partition coefficient (Wildman–Crippen LogP) is 2.10. The van der Waals surface area contributed by atoms with Crippen LogP contribution in [0.1, 0.15) is 41.5 Å². The van der Waals surface area contributed by atoms with Crippen LogP contribution in [0.15, 0.2) is 0 Å². The van der Waals surface area contributed by atoms with Crippen molar-refractivity contribution in [2.45, 2.75) is 59.2 Å². The molecule has 2 nitrogen and oxygen atoms in total. The molecule has 2 heteroatoms. The van der Waals surface area contributed by atoms with E-state index in [0.717, 1.165) is 5.92 Å². The van der Waals surface area contributed by atoms with Crippen LogP contribution < -0.4 is 5.32 Å². The van der Waals surface area contributed by atoms with E-state index in [1.54, 1.807) is 0 Å². The maximum Gasteiger partial charge on any atom is 0.0237 e. The Bertz CT molecular complexity index is 181. The lowest BCUT2D eigenvalue weighted by atomic mass is 10.0. The Morgan fingerprint density at radius 3 is 2.14 bits per heavy atom. The molecule has 0 aromatic heterocycles. The highest BCUT2D eigenvalue weighted by Gasteiger charge is 2.32. The van der Waals surface area contributed by atoms with Crippen molar-refractivity contribution in [2.75, 3.05) is 13.1 Å². The highest BCUT2D eigenvalue weighted by atomic mass is 15.2. The zero-order chi connectivity index (χ0) is 10.9. The Morgan fingerprint density at radius 1 is 1.21 bits per heavy atom. The van der Waals surface area contributed by atoms with Crippen LogP contribution in [0.25, 0.3) is 0 Å². The lowest BCUT2D eigenvalue weighted by Gasteiger charge is -2.28. The average molecular weight is 198 g/mol. The predicted molar refractivity (Wildman–Crippen MR) is 62.5 cm³/mol. The van der Waals surface area contributed by atoms with Crippen molar-refractivity contribution in [2.24, 2.45) is 5.92 Å². The minimum Gasteiger partial charge on any atom is -0.308 e. The van der Waals surface area contributed by atoms with Crippen LogP contribution in [0, 0.1) is 5.92 Å². The molecule has 1 heterocycles. The maximum absolute atomic E-state index is 3.71. The van der Waals surface area contributed by atoms with Crippen LogP contribution in [-0.2, 0) is 0 Å². The molecule has 0 bridgehead atoms. The van der Waals surface area contributed by atoms with E-state index in [1.165, 1.54) is 13.1 Å². The Morgan fingerprint density at radius 2 is 1.79 bits per heavy atom. The van der Waals surface area contributed by atoms with E-state index in [2.05, 4.69) is 51.8 Å². The van der Waals surface area contributed by atoms with E-state index in [-0.39, 0.29) is 5.54 Å². The van der Waals surface area contributed by atoms with Gasteiger partial charge in [-0.25, -0.2) is 0 Å². The van der Waals surface area contributed by atoms with Gasteiger partial charge in [-0.05, 0) is 40.5 Å². The quantitative estimate of drug-likeness (QED) is 0.731. The third kappa shape index (κ3) is 3.25. The zero-order valence-corrected chi connectivity index (χ0v) is 10.6. The standard InChI is InChI=1S/C12H26N2/c1-9(2)14-7-10(3)11(8-14)13-12(4,5)6/h9-11,13H,7-8H2,1-6H3. The summed E-state index contributed by atoms with van der Waals surface area (Å²) in [7, 11) is 0. The van der Waals surface area contributed by atoms with Crippen LogP contribution in [0.3, 0.4) is 0 Å². The van der Waals surface area contributed by atoms with Gasteiger partial charge in [0.2, 0.25) is 0 Å². The molecule has 0 spiro atoms. The molecular formula is C12H26N2. The second kappa shape index (κ2) is 4.19. The topological polar surface area (TPSA) is 15.3 Å². The van der Waals surface area contributed by atoms with Crippen molar-refractivity contribution in [3.8, 4) is 0 Å². The van der Waals surface area contributed by atoms with Gasteiger partial charge < -0.3 is 5.32 Å². The molecule has 0 aliphatic carbocycles. The maximum atomic E-state index is 3.71. The summed E-state index contributed by atoms with van der Waals surface area (Å²) in [5, 5.41) is 3.71. The fourth-order valence-corrected chi connectivity index (χ4v) is 2.17. The second-order valence-electron chi connectivity index (χ2n) is 6.03. The fourth-order valence-electron chi connectivity index (χ4n) is 2.17. The summed E-state index contributed by atoms with van der Waals surface area (Å²) in [5.41, 5.74) is 0.242. The molecule has 2 atom stereocenters. The van der Waals surface area contributed by atoms with Crippen molar-refractivity contribution < 1.29 is 0 Å². The molecule has 1 N–H and O–H groups in total. The van der Waals surface area contributed by atoms with Gasteiger partial charge in [-0.1, -0.05) is 6.92 Å². The lowest BCUT2D eigenvalue weighted by molar-refractivity contribution is 0.258. The van der Waals surface area contributed by atoms with Gasteiger partial charge in [0.05, 0.1) is 0 Å². The first-order valence-electron chi connectivity index (χ1n) is 5.81. The first-order chi connectivity index (χ1) is 6.29. The summed E-state index contributed by atoms with van der Waals surface area (Å²) < 4.78 is 0. The summed E-state index contributed by atoms with van der Waals surface area (Å²) >= 11 is 0. The van der Waals surface area contributed by atoms with Gasteiger partial charge in [0, 0.05) is 30.7 Å². The number of hydrogen-bond acceptors (Lipinski definition) is 2. The van der Waals surface area contributed by atoms with Crippen LogP contribution >= 0.6 is 0 Å². The number of rotatable bonds is 2. The van der Waals surface area contributed by atoms with Gasteiger partial charge in [0.1, 0.15) is 0 Å². The molecule has 1 saturated heterocycles. The minimum absolute atomic E-state index is 0.242. The Balaban J connectivity index is 2.49. The van der Waals surface area contributed by atoms with Gasteiger partial charge in [-0.2, -0.15) is 0 Å². The van der Waals surface area contributed by atoms with Crippen LogP contribution in [0.2, 0.25) is 0 Å². The van der Waals surface area contributed by atoms with Gasteiger partial charge in [-0.3, -0.25) is 4.90 Å². The normalized spacial score (nSPS) is 30.2. The molecule has 0 amide bonds. The van der Waals surface area contributed by atoms with E-state index < -0.39 is 0 Å². The summed E-state index contributed by atoms with van der Waals surface area (Å²) in [5.74, 6) is 0.775. The first-order valence-corrected chi connectivity index (χ1v) is 5.81. The molecule has 0 aromatic rings. The zero-order valence-electron chi connectivity index (χ0n) is 10.6. The van der Waals surface area contributed by atoms with Gasteiger partial charge in [0.25, 0.3) is 0 Å². The van der Waals surface area contributed by atoms with E-state index in [1.807, 2.05) is 0 Å². The highest BCUT2D eigenvalue weighted by molar-refractivity contribution is 4.91. The van der Waals surface area contributed by atoms with Crippen molar-refractivity contribution in [1.29, 1.82) is 0 Å². The molecule has 1 fully saturated rings. The number of nitrogens with zero attached hydrogens (tertiary/aromatic N) is 1. The fraction of sp³-hybridized carbons (Fsp3) is 1.00. The third-order valence-electron chi connectivity index (χ3n) is 2.99. The van der Waals surface area contributed by atoms with Crippen LogP contribution in [0.5, 0.6) is 0 Å². The van der Waals surface area contributed by atoms with Gasteiger partial charge in [0.15, 0.2) is 0 Å².